The first-order chi connectivity index (χ1) is 30.9. The Balaban J connectivity index is 1.12. The van der Waals surface area contributed by atoms with E-state index in [0.29, 0.717) is 19.3 Å². The zero-order valence-corrected chi connectivity index (χ0v) is 40.0. The molecule has 18 nitrogen and oxygen atoms in total. The molecule has 4 aliphatic carbocycles. The van der Waals surface area contributed by atoms with Gasteiger partial charge in [-0.15, -0.1) is 0 Å². The Morgan fingerprint density at radius 1 is 0.636 bits per heavy atom. The van der Waals surface area contributed by atoms with Crippen LogP contribution in [0, 0.1) is 51.8 Å². The molecular weight excluding hydrogens is 865 g/mol. The smallest absolute Gasteiger partial charge is 0.187 e. The molecule has 7 fully saturated rings. The van der Waals surface area contributed by atoms with Gasteiger partial charge < -0.3 is 89.7 Å². The second-order valence-corrected chi connectivity index (χ2v) is 22.9. The molecule has 66 heavy (non-hydrogen) atoms. The summed E-state index contributed by atoms with van der Waals surface area (Å²) in [6, 6.07) is 0. The van der Waals surface area contributed by atoms with Gasteiger partial charge in [-0.3, -0.25) is 0 Å². The van der Waals surface area contributed by atoms with Gasteiger partial charge in [0.25, 0.3) is 0 Å². The van der Waals surface area contributed by atoms with Crippen LogP contribution in [0.5, 0.6) is 0 Å². The van der Waals surface area contributed by atoms with Gasteiger partial charge in [0.05, 0.1) is 37.6 Å². The van der Waals surface area contributed by atoms with Crippen molar-refractivity contribution < 1.29 is 89.7 Å². The fraction of sp³-hybridized carbons (Fsp3) is 0.958. The number of aliphatic hydroxyl groups is 12. The third-order valence-electron chi connectivity index (χ3n) is 18.1. The number of hydrogen-bond acceptors (Lipinski definition) is 18. The van der Waals surface area contributed by atoms with Crippen LogP contribution in [0.4, 0.5) is 0 Å². The van der Waals surface area contributed by atoms with E-state index in [1.165, 1.54) is 0 Å². The molecule has 0 aromatic heterocycles. The highest BCUT2D eigenvalue weighted by Crippen LogP contribution is 2.71. The number of rotatable bonds is 13. The van der Waals surface area contributed by atoms with Crippen molar-refractivity contribution in [3.05, 3.63) is 11.6 Å². The van der Waals surface area contributed by atoms with Crippen molar-refractivity contribution >= 4 is 0 Å². The van der Waals surface area contributed by atoms with Crippen molar-refractivity contribution in [2.45, 2.75) is 217 Å². The van der Waals surface area contributed by atoms with E-state index in [1.54, 1.807) is 0 Å². The summed E-state index contributed by atoms with van der Waals surface area (Å²) in [7, 11) is 0. The Labute approximate surface area is 388 Å². The second kappa shape index (κ2) is 19.9. The van der Waals surface area contributed by atoms with E-state index in [0.717, 1.165) is 37.7 Å². The van der Waals surface area contributed by atoms with Gasteiger partial charge in [0, 0.05) is 0 Å². The molecule has 0 aromatic carbocycles. The van der Waals surface area contributed by atoms with Crippen LogP contribution in [0.1, 0.15) is 107 Å². The van der Waals surface area contributed by atoms with Crippen molar-refractivity contribution in [1.82, 2.24) is 0 Å². The minimum absolute atomic E-state index is 0.0515. The van der Waals surface area contributed by atoms with Crippen LogP contribution in [0.3, 0.4) is 0 Å². The Morgan fingerprint density at radius 3 is 1.74 bits per heavy atom. The van der Waals surface area contributed by atoms with Crippen molar-refractivity contribution in [3.8, 4) is 0 Å². The van der Waals surface area contributed by atoms with Crippen LogP contribution < -0.4 is 0 Å². The second-order valence-electron chi connectivity index (χ2n) is 22.9. The van der Waals surface area contributed by atoms with Crippen LogP contribution in [0.25, 0.3) is 0 Å². The molecule has 0 radical (unpaired) electrons. The van der Waals surface area contributed by atoms with Crippen LogP contribution >= 0.6 is 0 Å². The summed E-state index contributed by atoms with van der Waals surface area (Å²) in [4.78, 5) is 0. The van der Waals surface area contributed by atoms with Crippen LogP contribution in [0.2, 0.25) is 0 Å². The predicted molar refractivity (Wildman–Crippen MR) is 234 cm³/mol. The highest BCUT2D eigenvalue weighted by molar-refractivity contribution is 5.17. The van der Waals surface area contributed by atoms with E-state index >= 15 is 0 Å². The molecule has 0 unspecified atom stereocenters. The van der Waals surface area contributed by atoms with Gasteiger partial charge in [0.1, 0.15) is 73.2 Å². The summed E-state index contributed by atoms with van der Waals surface area (Å²) in [6.07, 6.45) is -15.9. The average Bonchev–Trinajstić information content (AvgIpc) is 3.64. The molecule has 0 spiro atoms. The quantitative estimate of drug-likeness (QED) is 0.0843. The van der Waals surface area contributed by atoms with E-state index in [9.17, 15) is 61.3 Å². The fourth-order valence-corrected chi connectivity index (χ4v) is 15.0. The SMILES string of the molecule is CC(C)=C[C@H](C)C[C@](C)(O[C@@H]1O[C@H](CO)[C@@H](O)[C@H](O)[C@H]1O)[C@H]1CC[C@@]2(C)[C@H]1[C@@H](O)C[C@@H]1[C@H]2CC[C@@H]2C(C)(C)[C@@H](O[C@@H]3O[C@H](CO)[C@@H](O)[C@H](O)[C@H]3O[C@@H]3O[C@H](CO)[C@@H](O)[C@H](O)[C@H]3O)CC[C@]12C. The standard InChI is InChI=1S/C48H82O18/c1-21(2)15-22(3)17-48(8,66-43-40(60)37(57)34(54)28(19-50)62-43)24-11-13-47(7)23-9-10-30-45(4,5)31(12-14-46(30,6)25(23)16-26(52)32(24)47)64-44-41(38(58)35(55)29(20-51)63-44)65-42-39(59)36(56)33(53)27(18-49)61-42/h15,22-44,49-60H,9-14,16-20H2,1-8H3/t22-,23+,24-,25+,26-,27+,28+,29+,30+,31-,32+,33+,34+,35+,36-,37-,38-,39+,40+,41+,42-,43-,44-,46+,47+,48-/m0/s1. The molecule has 7 rings (SSSR count). The molecule has 18 heteroatoms. The maximum atomic E-state index is 12.6. The van der Waals surface area contributed by atoms with Crippen molar-refractivity contribution in [3.63, 3.8) is 0 Å². The van der Waals surface area contributed by atoms with Gasteiger partial charge in [-0.1, -0.05) is 46.3 Å². The van der Waals surface area contributed by atoms with Crippen LogP contribution in [-0.4, -0.2) is 191 Å². The third-order valence-corrected chi connectivity index (χ3v) is 18.1. The third kappa shape index (κ3) is 9.23. The van der Waals surface area contributed by atoms with Gasteiger partial charge >= 0.3 is 0 Å². The molecule has 12 N–H and O–H groups in total. The summed E-state index contributed by atoms with van der Waals surface area (Å²) in [5.74, 6) is 0.253. The number of hydrogen-bond donors (Lipinski definition) is 12. The summed E-state index contributed by atoms with van der Waals surface area (Å²) in [5.41, 5.74) is -0.820. The zero-order valence-electron chi connectivity index (χ0n) is 40.0. The summed E-state index contributed by atoms with van der Waals surface area (Å²) >= 11 is 0. The maximum Gasteiger partial charge on any atom is 0.187 e. The molecule has 3 aliphatic heterocycles. The van der Waals surface area contributed by atoms with Gasteiger partial charge in [-0.2, -0.15) is 0 Å². The monoisotopic (exact) mass is 947 g/mol. The Kier molecular flexibility index (Phi) is 15.9. The number of allylic oxidation sites excluding steroid dienone is 2. The Morgan fingerprint density at radius 2 is 1.17 bits per heavy atom. The highest BCUT2D eigenvalue weighted by atomic mass is 16.8. The number of fused-ring (bicyclic) bond motifs is 5. The van der Waals surface area contributed by atoms with E-state index in [4.69, 9.17) is 28.4 Å². The zero-order chi connectivity index (χ0) is 48.6. The molecule has 382 valence electrons. The van der Waals surface area contributed by atoms with Crippen molar-refractivity contribution in [2.75, 3.05) is 19.8 Å². The van der Waals surface area contributed by atoms with Crippen molar-refractivity contribution in [2.24, 2.45) is 51.8 Å². The van der Waals surface area contributed by atoms with Gasteiger partial charge in [-0.05, 0) is 124 Å². The fourth-order valence-electron chi connectivity index (χ4n) is 15.0. The first-order valence-corrected chi connectivity index (χ1v) is 24.4. The molecule has 26 atom stereocenters. The molecule has 7 aliphatic rings. The number of ether oxygens (including phenoxy) is 6. The van der Waals surface area contributed by atoms with E-state index < -0.39 is 135 Å². The molecule has 0 bridgehead atoms. The van der Waals surface area contributed by atoms with Gasteiger partial charge in [0.15, 0.2) is 18.9 Å². The summed E-state index contributed by atoms with van der Waals surface area (Å²) < 4.78 is 37.2. The Hall–Kier alpha value is -0.980. The summed E-state index contributed by atoms with van der Waals surface area (Å²) in [5, 5.41) is 129. The topological polar surface area (TPSA) is 298 Å². The minimum Gasteiger partial charge on any atom is -0.394 e. The molecule has 0 amide bonds. The lowest BCUT2D eigenvalue weighted by Gasteiger charge is -2.66. The average molecular weight is 947 g/mol. The normalized spacial score (nSPS) is 51.8. The van der Waals surface area contributed by atoms with Gasteiger partial charge in [0.2, 0.25) is 0 Å². The largest absolute Gasteiger partial charge is 0.394 e. The highest BCUT2D eigenvalue weighted by Gasteiger charge is 2.68. The minimum atomic E-state index is -1.79. The predicted octanol–water partition coefficient (Wildman–Crippen LogP) is -0.171. The van der Waals surface area contributed by atoms with Crippen molar-refractivity contribution in [1.29, 1.82) is 0 Å². The Bertz CT molecular complexity index is 1660. The van der Waals surface area contributed by atoms with Gasteiger partial charge in [-0.25, -0.2) is 0 Å². The van der Waals surface area contributed by atoms with Crippen LogP contribution in [-0.2, 0) is 28.4 Å². The summed E-state index contributed by atoms with van der Waals surface area (Å²) in [6.45, 7) is 15.2. The van der Waals surface area contributed by atoms with Crippen LogP contribution in [0.15, 0.2) is 11.6 Å². The number of aliphatic hydroxyl groups excluding tert-OH is 12. The van der Waals surface area contributed by atoms with E-state index in [1.807, 2.05) is 20.8 Å². The lowest BCUT2D eigenvalue weighted by molar-refractivity contribution is -0.378. The van der Waals surface area contributed by atoms with E-state index in [2.05, 4.69) is 40.7 Å². The molecular formula is C48H82O18. The maximum absolute atomic E-state index is 12.6. The molecule has 3 saturated heterocycles. The molecule has 0 aromatic rings. The first kappa shape index (κ1) is 52.8. The van der Waals surface area contributed by atoms with E-state index in [-0.39, 0.29) is 46.3 Å². The lowest BCUT2D eigenvalue weighted by atomic mass is 9.39. The molecule has 4 saturated carbocycles. The lowest BCUT2D eigenvalue weighted by Crippen LogP contribution is -2.66. The first-order valence-electron chi connectivity index (χ1n) is 24.4. The molecule has 3 heterocycles.